The molecule has 0 saturated heterocycles. The molecule has 1 aliphatic heterocycles. The van der Waals surface area contributed by atoms with Crippen LogP contribution in [0.4, 0.5) is 4.39 Å². The monoisotopic (exact) mass is 286 g/mol. The number of ether oxygens (including phenoxy) is 1. The molecule has 1 heterocycles. The Morgan fingerprint density at radius 1 is 1.40 bits per heavy atom. The van der Waals surface area contributed by atoms with Crippen molar-refractivity contribution in [2.45, 2.75) is 34.3 Å². The van der Waals surface area contributed by atoms with E-state index in [0.717, 1.165) is 0 Å². The van der Waals surface area contributed by atoms with E-state index in [0.29, 0.717) is 11.0 Å². The summed E-state index contributed by atoms with van der Waals surface area (Å²) in [6.45, 7) is 7.50. The molecule has 7 heteroatoms. The highest BCUT2D eigenvalue weighted by atomic mass is 19.1. The maximum Gasteiger partial charge on any atom is 0.491 e. The summed E-state index contributed by atoms with van der Waals surface area (Å²) in [6, 6.07) is 2.42. The van der Waals surface area contributed by atoms with E-state index in [2.05, 4.69) is 0 Å². The van der Waals surface area contributed by atoms with Gasteiger partial charge in [0.15, 0.2) is 18.2 Å². The molecule has 5 nitrogen and oxygen atoms in total. The van der Waals surface area contributed by atoms with Gasteiger partial charge in [0.25, 0.3) is 0 Å². The van der Waals surface area contributed by atoms with Gasteiger partial charge in [0.1, 0.15) is 0 Å². The minimum absolute atomic E-state index is 0.132. The van der Waals surface area contributed by atoms with Gasteiger partial charge >= 0.3 is 13.1 Å². The Bertz CT molecular complexity index is 439. The summed E-state index contributed by atoms with van der Waals surface area (Å²) in [5.41, 5.74) is 0.939. The van der Waals surface area contributed by atoms with E-state index < -0.39 is 25.5 Å². The van der Waals surface area contributed by atoms with Crippen molar-refractivity contribution in [2.75, 3.05) is 6.61 Å². The Morgan fingerprint density at radius 3 is 2.55 bits per heavy atom. The summed E-state index contributed by atoms with van der Waals surface area (Å²) in [6.07, 6.45) is 0. The Labute approximate surface area is 118 Å². The first-order valence-corrected chi connectivity index (χ1v) is 6.54. The van der Waals surface area contributed by atoms with Crippen LogP contribution in [0.3, 0.4) is 0 Å². The molecule has 0 amide bonds. The maximum atomic E-state index is 13.4. The van der Waals surface area contributed by atoms with Crippen molar-refractivity contribution in [1.29, 1.82) is 0 Å². The number of carbonyl (C=O) groups is 1. The van der Waals surface area contributed by atoms with E-state index in [1.807, 2.05) is 27.7 Å². The first-order valence-electron chi connectivity index (χ1n) is 6.54. The predicted molar refractivity (Wildman–Crippen MR) is 74.6 cm³/mol. The molecule has 2 N–H and O–H groups in total. The molecule has 2 rings (SSSR count). The average Bonchev–Trinajstić information content (AvgIpc) is 2.81. The number of fused-ring (bicyclic) bond motifs is 1. The van der Waals surface area contributed by atoms with Gasteiger partial charge in [-0.1, -0.05) is 27.7 Å². The summed E-state index contributed by atoms with van der Waals surface area (Å²) in [7, 11) is -1.11. The fourth-order valence-electron chi connectivity index (χ4n) is 1.47. The maximum absolute atomic E-state index is 13.4. The topological polar surface area (TPSA) is 76.0 Å². The molecule has 1 aromatic carbocycles. The molecule has 0 atom stereocenters. The first-order chi connectivity index (χ1) is 9.58. The van der Waals surface area contributed by atoms with E-state index in [-0.39, 0.29) is 12.4 Å². The lowest BCUT2D eigenvalue weighted by Crippen LogP contribution is -2.28. The van der Waals surface area contributed by atoms with Gasteiger partial charge in [-0.05, 0) is 23.2 Å². The van der Waals surface area contributed by atoms with Gasteiger partial charge in [0, 0.05) is 0 Å². The zero-order valence-electron chi connectivity index (χ0n) is 12.1. The largest absolute Gasteiger partial charge is 0.491 e. The van der Waals surface area contributed by atoms with E-state index in [1.165, 1.54) is 12.1 Å². The molecule has 1 aromatic rings. The lowest BCUT2D eigenvalue weighted by Gasteiger charge is -2.07. The van der Waals surface area contributed by atoms with Crippen LogP contribution in [-0.4, -0.2) is 29.8 Å². The molecule has 0 aromatic heterocycles. The number of carboxylic acids is 1. The van der Waals surface area contributed by atoms with Crippen molar-refractivity contribution in [3.63, 3.8) is 0 Å². The van der Waals surface area contributed by atoms with Gasteiger partial charge in [-0.2, -0.15) is 0 Å². The molecule has 0 bridgehead atoms. The zero-order valence-corrected chi connectivity index (χ0v) is 12.1. The van der Waals surface area contributed by atoms with Crippen LogP contribution in [0.25, 0.3) is 0 Å². The van der Waals surface area contributed by atoms with Gasteiger partial charge in [-0.3, -0.25) is 0 Å². The van der Waals surface area contributed by atoms with Crippen molar-refractivity contribution in [1.82, 2.24) is 0 Å². The van der Waals surface area contributed by atoms with Crippen LogP contribution < -0.4 is 10.2 Å². The third-order valence-corrected chi connectivity index (χ3v) is 2.21. The van der Waals surface area contributed by atoms with Crippen LogP contribution in [0.1, 0.15) is 33.3 Å². The molecule has 0 saturated carbocycles. The first kappa shape index (κ1) is 18.4. The number of carboxylic acid groups (broad SMARTS) is 1. The second kappa shape index (κ2) is 9.33. The molecule has 0 unspecified atom stereocenters. The minimum Gasteiger partial charge on any atom is -0.479 e. The summed E-state index contributed by atoms with van der Waals surface area (Å²) >= 11 is 0. The van der Waals surface area contributed by atoms with Gasteiger partial charge in [-0.15, -0.1) is 0 Å². The fourth-order valence-corrected chi connectivity index (χ4v) is 1.47. The van der Waals surface area contributed by atoms with Gasteiger partial charge in [0.05, 0.1) is 6.61 Å². The number of aliphatic carboxylic acids is 1. The summed E-state index contributed by atoms with van der Waals surface area (Å²) in [4.78, 5) is 10.3. The highest BCUT2D eigenvalue weighted by Gasteiger charge is 2.29. The number of hydrogen-bond donors (Lipinski definition) is 2. The third-order valence-electron chi connectivity index (χ3n) is 2.21. The summed E-state index contributed by atoms with van der Waals surface area (Å²) < 4.78 is 23.0. The van der Waals surface area contributed by atoms with Gasteiger partial charge in [0.2, 0.25) is 0 Å². The lowest BCUT2D eigenvalue weighted by atomic mass is 9.79. The van der Waals surface area contributed by atoms with Crippen molar-refractivity contribution >= 4 is 18.6 Å². The van der Waals surface area contributed by atoms with E-state index in [1.54, 1.807) is 0 Å². The standard InChI is InChI=1S/C9H8BFO5.2C2H6/c11-7-1-5-3-16-10(14)6(5)2-8(7)15-4-9(12)13;2*1-2/h1-2,14H,3-4H2,(H,12,13);2*1-2H3. The fraction of sp³-hybridized carbons (Fsp3) is 0.462. The normalized spacial score (nSPS) is 11.6. The highest BCUT2D eigenvalue weighted by molar-refractivity contribution is 6.61. The quantitative estimate of drug-likeness (QED) is 0.825. The van der Waals surface area contributed by atoms with Crippen LogP contribution in [0.2, 0.25) is 0 Å². The van der Waals surface area contributed by atoms with E-state index in [4.69, 9.17) is 14.5 Å². The van der Waals surface area contributed by atoms with Crippen molar-refractivity contribution < 1.29 is 28.7 Å². The molecule has 0 fully saturated rings. The van der Waals surface area contributed by atoms with Crippen LogP contribution >= 0.6 is 0 Å². The zero-order chi connectivity index (χ0) is 15.7. The molecular weight excluding hydrogens is 266 g/mol. The second-order valence-electron chi connectivity index (χ2n) is 3.33. The van der Waals surface area contributed by atoms with Crippen molar-refractivity contribution in [3.05, 3.63) is 23.5 Å². The van der Waals surface area contributed by atoms with Crippen LogP contribution in [-0.2, 0) is 16.1 Å². The minimum atomic E-state index is -1.20. The molecule has 1 aliphatic rings. The molecule has 20 heavy (non-hydrogen) atoms. The Balaban J connectivity index is 0.000000829. The third kappa shape index (κ3) is 4.83. The number of halogens is 1. The van der Waals surface area contributed by atoms with Crippen LogP contribution in [0, 0.1) is 5.82 Å². The molecule has 112 valence electrons. The molecular formula is C13H20BFO5. The second-order valence-corrected chi connectivity index (χ2v) is 3.33. The Morgan fingerprint density at radius 2 is 2.00 bits per heavy atom. The van der Waals surface area contributed by atoms with Gasteiger partial charge in [-0.25, -0.2) is 9.18 Å². The number of rotatable bonds is 3. The van der Waals surface area contributed by atoms with Gasteiger partial charge < -0.3 is 19.5 Å². The van der Waals surface area contributed by atoms with Crippen LogP contribution in [0.5, 0.6) is 5.75 Å². The highest BCUT2D eigenvalue weighted by Crippen LogP contribution is 2.20. The molecule has 0 aliphatic carbocycles. The van der Waals surface area contributed by atoms with E-state index >= 15 is 0 Å². The lowest BCUT2D eigenvalue weighted by molar-refractivity contribution is -0.139. The van der Waals surface area contributed by atoms with Crippen molar-refractivity contribution in [3.8, 4) is 5.75 Å². The van der Waals surface area contributed by atoms with E-state index in [9.17, 15) is 14.2 Å². The number of hydrogen-bond acceptors (Lipinski definition) is 4. The summed E-state index contributed by atoms with van der Waals surface area (Å²) in [5.74, 6) is -2.07. The van der Waals surface area contributed by atoms with Crippen LogP contribution in [0.15, 0.2) is 12.1 Å². The summed E-state index contributed by atoms with van der Waals surface area (Å²) in [5, 5.41) is 17.7. The number of benzene rings is 1. The molecule has 0 spiro atoms. The smallest absolute Gasteiger partial charge is 0.479 e. The SMILES string of the molecule is CC.CC.O=C(O)COc1cc2c(cc1F)COB2O. The molecule has 0 radical (unpaired) electrons. The van der Waals surface area contributed by atoms with Crippen molar-refractivity contribution in [2.24, 2.45) is 0 Å². The Hall–Kier alpha value is -1.60. The Kier molecular flexibility index (Phi) is 8.59. The average molecular weight is 286 g/mol. The predicted octanol–water partition coefficient (Wildman–Crippen LogP) is 1.56.